The lowest BCUT2D eigenvalue weighted by molar-refractivity contribution is -0.124. The number of amides is 1. The first kappa shape index (κ1) is 24.6. The molecule has 3 aliphatic heterocycles. The second-order valence-corrected chi connectivity index (χ2v) is 9.92. The van der Waals surface area contributed by atoms with E-state index in [2.05, 4.69) is 14.9 Å². The van der Waals surface area contributed by atoms with Gasteiger partial charge >= 0.3 is 0 Å². The zero-order valence-corrected chi connectivity index (χ0v) is 20.9. The zero-order valence-electron chi connectivity index (χ0n) is 20.9. The van der Waals surface area contributed by atoms with Gasteiger partial charge in [-0.05, 0) is 62.5 Å². The predicted octanol–water partition coefficient (Wildman–Crippen LogP) is 2.04. The standard InChI is InChI=1S/C27H34N4O5/c1-35-21-5-6-24-19(15-21)3-2-11-31(24)27(34)18-8-12-30(13-9-18)16-20(32)4-7-25-28-23-10-14-36-17-22(23)26(33)29-25/h5-6,15,18H,2-4,7-14,16-17H2,1H3,(H,28,29,33). The minimum Gasteiger partial charge on any atom is -0.497 e. The average Bonchev–Trinajstić information content (AvgIpc) is 2.91. The number of ether oxygens (including phenoxy) is 2. The van der Waals surface area contributed by atoms with Crippen molar-refractivity contribution in [3.05, 3.63) is 51.2 Å². The molecule has 1 N–H and O–H groups in total. The van der Waals surface area contributed by atoms with Crippen molar-refractivity contribution in [3.63, 3.8) is 0 Å². The van der Waals surface area contributed by atoms with Gasteiger partial charge in [-0.2, -0.15) is 0 Å². The van der Waals surface area contributed by atoms with Crippen LogP contribution in [0.15, 0.2) is 23.0 Å². The number of methoxy groups -OCH3 is 1. The van der Waals surface area contributed by atoms with Crippen molar-refractivity contribution < 1.29 is 19.1 Å². The highest BCUT2D eigenvalue weighted by atomic mass is 16.5. The molecular weight excluding hydrogens is 460 g/mol. The van der Waals surface area contributed by atoms with E-state index in [-0.39, 0.29) is 23.2 Å². The third-order valence-electron chi connectivity index (χ3n) is 7.53. The lowest BCUT2D eigenvalue weighted by Crippen LogP contribution is -2.45. The maximum atomic E-state index is 13.4. The van der Waals surface area contributed by atoms with Crippen LogP contribution in [-0.2, 0) is 40.2 Å². The fraction of sp³-hybridized carbons (Fsp3) is 0.556. The molecule has 1 aromatic heterocycles. The van der Waals surface area contributed by atoms with E-state index in [9.17, 15) is 14.4 Å². The number of aryl methyl sites for hydroxylation is 2. The number of piperidine rings is 1. The van der Waals surface area contributed by atoms with Crippen LogP contribution in [0, 0.1) is 5.92 Å². The number of aromatic nitrogens is 2. The van der Waals surface area contributed by atoms with Gasteiger partial charge in [0.05, 0.1) is 38.1 Å². The Morgan fingerprint density at radius 3 is 2.83 bits per heavy atom. The molecule has 1 aromatic carbocycles. The Labute approximate surface area is 210 Å². The molecule has 2 aromatic rings. The Kier molecular flexibility index (Phi) is 7.48. The zero-order chi connectivity index (χ0) is 25.1. The second kappa shape index (κ2) is 10.9. The second-order valence-electron chi connectivity index (χ2n) is 9.92. The van der Waals surface area contributed by atoms with E-state index in [0.717, 1.165) is 62.4 Å². The average molecular weight is 495 g/mol. The molecule has 0 bridgehead atoms. The van der Waals surface area contributed by atoms with Gasteiger partial charge in [-0.1, -0.05) is 0 Å². The number of Topliss-reactive ketones (excluding diaryl/α,β-unsaturated/α-hetero) is 1. The van der Waals surface area contributed by atoms with Crippen LogP contribution in [-0.4, -0.2) is 66.5 Å². The maximum absolute atomic E-state index is 13.4. The number of H-pyrrole nitrogens is 1. The van der Waals surface area contributed by atoms with Crippen LogP contribution in [0.25, 0.3) is 0 Å². The van der Waals surface area contributed by atoms with Crippen molar-refractivity contribution in [2.24, 2.45) is 5.92 Å². The first-order valence-corrected chi connectivity index (χ1v) is 12.9. The van der Waals surface area contributed by atoms with Crippen molar-refractivity contribution in [3.8, 4) is 5.75 Å². The van der Waals surface area contributed by atoms with Crippen LogP contribution in [0.1, 0.15) is 48.3 Å². The Hall–Kier alpha value is -3.04. The van der Waals surface area contributed by atoms with Crippen LogP contribution in [0.4, 0.5) is 5.69 Å². The number of rotatable bonds is 7. The molecule has 36 heavy (non-hydrogen) atoms. The van der Waals surface area contributed by atoms with Crippen LogP contribution in [0.2, 0.25) is 0 Å². The number of fused-ring (bicyclic) bond motifs is 2. The molecule has 4 heterocycles. The summed E-state index contributed by atoms with van der Waals surface area (Å²) in [5.41, 5.74) is 3.40. The molecule has 0 saturated carbocycles. The minimum absolute atomic E-state index is 0.0156. The first-order valence-electron chi connectivity index (χ1n) is 12.9. The van der Waals surface area contributed by atoms with Crippen molar-refractivity contribution in [2.75, 3.05) is 44.8 Å². The predicted molar refractivity (Wildman–Crippen MR) is 134 cm³/mol. The van der Waals surface area contributed by atoms with Crippen molar-refractivity contribution >= 4 is 17.4 Å². The summed E-state index contributed by atoms with van der Waals surface area (Å²) in [6, 6.07) is 5.95. The molecule has 9 heteroatoms. The maximum Gasteiger partial charge on any atom is 0.256 e. The largest absolute Gasteiger partial charge is 0.497 e. The molecule has 0 aliphatic carbocycles. The summed E-state index contributed by atoms with van der Waals surface area (Å²) < 4.78 is 10.7. The van der Waals surface area contributed by atoms with Gasteiger partial charge in [-0.25, -0.2) is 4.98 Å². The highest BCUT2D eigenvalue weighted by molar-refractivity contribution is 5.96. The van der Waals surface area contributed by atoms with Gasteiger partial charge in [0.2, 0.25) is 5.91 Å². The first-order chi connectivity index (χ1) is 17.5. The van der Waals surface area contributed by atoms with Gasteiger partial charge in [0, 0.05) is 37.4 Å². The number of hydrogen-bond donors (Lipinski definition) is 1. The van der Waals surface area contributed by atoms with Gasteiger partial charge in [0.1, 0.15) is 17.4 Å². The molecule has 9 nitrogen and oxygen atoms in total. The van der Waals surface area contributed by atoms with E-state index in [1.54, 1.807) is 7.11 Å². The molecule has 0 unspecified atom stereocenters. The fourth-order valence-corrected chi connectivity index (χ4v) is 5.49. The lowest BCUT2D eigenvalue weighted by atomic mass is 9.93. The van der Waals surface area contributed by atoms with Crippen LogP contribution in [0.3, 0.4) is 0 Å². The number of ketones is 1. The number of nitrogens with one attached hydrogen (secondary N) is 1. The molecule has 5 rings (SSSR count). The highest BCUT2D eigenvalue weighted by Crippen LogP contribution is 2.33. The molecule has 192 valence electrons. The Morgan fingerprint density at radius 1 is 1.19 bits per heavy atom. The van der Waals surface area contributed by atoms with E-state index in [1.165, 1.54) is 5.56 Å². The van der Waals surface area contributed by atoms with E-state index in [1.807, 2.05) is 23.1 Å². The van der Waals surface area contributed by atoms with E-state index in [0.29, 0.717) is 50.4 Å². The number of carbonyl (C=O) groups is 2. The molecule has 0 atom stereocenters. The molecule has 1 amide bonds. The normalized spacial score (nSPS) is 18.4. The summed E-state index contributed by atoms with van der Waals surface area (Å²) in [5, 5.41) is 0. The Morgan fingerprint density at radius 2 is 2.03 bits per heavy atom. The number of hydrogen-bond acceptors (Lipinski definition) is 7. The number of aromatic amines is 1. The van der Waals surface area contributed by atoms with Crippen LogP contribution in [0.5, 0.6) is 5.75 Å². The summed E-state index contributed by atoms with van der Waals surface area (Å²) in [7, 11) is 1.66. The number of nitrogens with zero attached hydrogens (tertiary/aromatic N) is 3. The van der Waals surface area contributed by atoms with Gasteiger partial charge in [-0.3, -0.25) is 19.3 Å². The van der Waals surface area contributed by atoms with Gasteiger partial charge in [0.15, 0.2) is 0 Å². The summed E-state index contributed by atoms with van der Waals surface area (Å²) in [5.74, 6) is 1.70. The minimum atomic E-state index is -0.163. The van der Waals surface area contributed by atoms with Gasteiger partial charge in [-0.15, -0.1) is 0 Å². The van der Waals surface area contributed by atoms with E-state index >= 15 is 0 Å². The molecule has 0 spiro atoms. The number of anilines is 1. The summed E-state index contributed by atoms with van der Waals surface area (Å²) >= 11 is 0. The fourth-order valence-electron chi connectivity index (χ4n) is 5.49. The summed E-state index contributed by atoms with van der Waals surface area (Å²) in [6.45, 7) is 3.46. The van der Waals surface area contributed by atoms with Crippen molar-refractivity contribution in [2.45, 2.75) is 51.6 Å². The van der Waals surface area contributed by atoms with Crippen LogP contribution >= 0.6 is 0 Å². The molecule has 3 aliphatic rings. The SMILES string of the molecule is COc1ccc2c(c1)CCCN2C(=O)C1CCN(CC(=O)CCc2nc3c(c(=O)[nH]2)COCC3)CC1. The van der Waals surface area contributed by atoms with Gasteiger partial charge in [0.25, 0.3) is 5.56 Å². The summed E-state index contributed by atoms with van der Waals surface area (Å²) in [6.07, 6.45) is 4.83. The lowest BCUT2D eigenvalue weighted by Gasteiger charge is -2.36. The Bertz CT molecular complexity index is 1190. The number of likely N-dealkylation sites (tertiary alicyclic amines) is 1. The number of carbonyl (C=O) groups excluding carboxylic acids is 2. The van der Waals surface area contributed by atoms with Crippen molar-refractivity contribution in [1.29, 1.82) is 0 Å². The van der Waals surface area contributed by atoms with E-state index < -0.39 is 0 Å². The smallest absolute Gasteiger partial charge is 0.256 e. The topological polar surface area (TPSA) is 105 Å². The molecule has 1 fully saturated rings. The van der Waals surface area contributed by atoms with Crippen LogP contribution < -0.4 is 15.2 Å². The number of benzene rings is 1. The van der Waals surface area contributed by atoms with E-state index in [4.69, 9.17) is 9.47 Å². The quantitative estimate of drug-likeness (QED) is 0.628. The molecule has 1 saturated heterocycles. The summed E-state index contributed by atoms with van der Waals surface area (Å²) in [4.78, 5) is 49.7. The Balaban J connectivity index is 1.11. The third-order valence-corrected chi connectivity index (χ3v) is 7.53. The third kappa shape index (κ3) is 5.37. The highest BCUT2D eigenvalue weighted by Gasteiger charge is 2.32. The van der Waals surface area contributed by atoms with Crippen molar-refractivity contribution in [1.82, 2.24) is 14.9 Å². The van der Waals surface area contributed by atoms with Gasteiger partial charge < -0.3 is 19.4 Å². The monoisotopic (exact) mass is 494 g/mol. The molecule has 0 radical (unpaired) electrons. The molecular formula is C27H34N4O5.